The minimum atomic E-state index is -0.946. The van der Waals surface area contributed by atoms with Gasteiger partial charge in [-0.15, -0.1) is 0 Å². The van der Waals surface area contributed by atoms with Crippen molar-refractivity contribution in [2.24, 2.45) is 0 Å². The lowest BCUT2D eigenvalue weighted by molar-refractivity contribution is -0.122. The predicted octanol–water partition coefficient (Wildman–Crippen LogP) is 4.14. The fraction of sp³-hybridized carbons (Fsp3) is 0.0556. The van der Waals surface area contributed by atoms with Crippen LogP contribution >= 0.6 is 39.1 Å². The lowest BCUT2D eigenvalue weighted by Gasteiger charge is -2.27. The zero-order chi connectivity index (χ0) is 20.6. The third kappa shape index (κ3) is 3.58. The molecule has 28 heavy (non-hydrogen) atoms. The first-order valence-corrected chi connectivity index (χ1v) is 9.21. The van der Waals surface area contributed by atoms with Gasteiger partial charge in [0.15, 0.2) is 11.5 Å². The maximum atomic E-state index is 12.9. The summed E-state index contributed by atoms with van der Waals surface area (Å²) in [7, 11) is 1.36. The molecular weight excluding hydrogens is 475 g/mol. The van der Waals surface area contributed by atoms with Crippen molar-refractivity contribution in [2.45, 2.75) is 0 Å². The minimum absolute atomic E-state index is 0.00570. The number of rotatable bonds is 3. The maximum absolute atomic E-state index is 12.9. The smallest absolute Gasteiger partial charge is 0.336 e. The zero-order valence-corrected chi connectivity index (χ0v) is 17.2. The number of amides is 4. The van der Waals surface area contributed by atoms with Crippen LogP contribution in [0.25, 0.3) is 6.08 Å². The van der Waals surface area contributed by atoms with Crippen molar-refractivity contribution in [1.82, 2.24) is 5.32 Å². The summed E-state index contributed by atoms with van der Waals surface area (Å²) in [5, 5.41) is 12.0. The van der Waals surface area contributed by atoms with Crippen LogP contribution in [0.3, 0.4) is 0 Å². The summed E-state index contributed by atoms with van der Waals surface area (Å²) in [4.78, 5) is 38.2. The molecule has 1 fully saturated rings. The van der Waals surface area contributed by atoms with Crippen molar-refractivity contribution in [2.75, 3.05) is 12.0 Å². The Labute approximate surface area is 177 Å². The number of phenolic OH excluding ortho intramolecular Hbond substituents is 1. The Morgan fingerprint density at radius 1 is 1.21 bits per heavy atom. The molecule has 1 aliphatic heterocycles. The number of barbiturate groups is 1. The molecule has 7 nitrogen and oxygen atoms in total. The lowest BCUT2D eigenvalue weighted by atomic mass is 10.1. The molecule has 1 saturated heterocycles. The third-order valence-corrected chi connectivity index (χ3v) is 5.37. The topological polar surface area (TPSA) is 95.9 Å². The molecule has 0 unspecified atom stereocenters. The van der Waals surface area contributed by atoms with E-state index in [1.165, 1.54) is 43.5 Å². The van der Waals surface area contributed by atoms with Gasteiger partial charge in [0.2, 0.25) is 0 Å². The molecule has 0 saturated carbocycles. The number of nitrogens with zero attached hydrogens (tertiary/aromatic N) is 1. The molecule has 0 spiro atoms. The van der Waals surface area contributed by atoms with Gasteiger partial charge < -0.3 is 9.84 Å². The number of carbonyl (C=O) groups excluding carboxylic acids is 3. The number of halogens is 3. The number of aromatic hydroxyl groups is 1. The molecule has 4 amide bonds. The molecule has 0 atom stereocenters. The first kappa shape index (κ1) is 20.2. The normalized spacial score (nSPS) is 15.8. The van der Waals surface area contributed by atoms with Crippen molar-refractivity contribution in [3.8, 4) is 11.5 Å². The van der Waals surface area contributed by atoms with Gasteiger partial charge in [0, 0.05) is 4.47 Å². The van der Waals surface area contributed by atoms with Crippen molar-refractivity contribution < 1.29 is 24.2 Å². The Morgan fingerprint density at radius 2 is 1.93 bits per heavy atom. The van der Waals surface area contributed by atoms with E-state index in [1.54, 1.807) is 0 Å². The second kappa shape index (κ2) is 7.83. The summed E-state index contributed by atoms with van der Waals surface area (Å²) in [6.45, 7) is 0. The van der Waals surface area contributed by atoms with Gasteiger partial charge in [0.25, 0.3) is 11.8 Å². The average molecular weight is 486 g/mol. The summed E-state index contributed by atoms with van der Waals surface area (Å²) in [6.07, 6.45) is 1.27. The van der Waals surface area contributed by atoms with Gasteiger partial charge in [-0.2, -0.15) is 0 Å². The zero-order valence-electron chi connectivity index (χ0n) is 14.1. The fourth-order valence-electron chi connectivity index (χ4n) is 2.53. The van der Waals surface area contributed by atoms with Crippen LogP contribution in [0.4, 0.5) is 10.5 Å². The molecule has 2 N–H and O–H groups in total. The number of carbonyl (C=O) groups is 3. The molecule has 10 heteroatoms. The number of hydrogen-bond acceptors (Lipinski definition) is 5. The van der Waals surface area contributed by atoms with Crippen molar-refractivity contribution >= 4 is 68.7 Å². The number of nitrogens with one attached hydrogen (secondary N) is 1. The van der Waals surface area contributed by atoms with Crippen LogP contribution in [0.5, 0.6) is 11.5 Å². The highest BCUT2D eigenvalue weighted by atomic mass is 79.9. The summed E-state index contributed by atoms with van der Waals surface area (Å²) < 4.78 is 5.44. The van der Waals surface area contributed by atoms with Gasteiger partial charge in [-0.3, -0.25) is 14.9 Å². The molecule has 1 aliphatic rings. The number of methoxy groups -OCH3 is 1. The van der Waals surface area contributed by atoms with Crippen molar-refractivity contribution in [3.63, 3.8) is 0 Å². The number of ether oxygens (including phenoxy) is 1. The molecule has 0 aliphatic carbocycles. The SMILES string of the molecule is COc1cc(/C=C2/C(=O)NC(=O)N(c3cccc(Cl)c3Cl)C2=O)c(Br)cc1O. The first-order valence-electron chi connectivity index (χ1n) is 7.66. The van der Waals surface area contributed by atoms with Gasteiger partial charge in [0.05, 0.1) is 22.8 Å². The van der Waals surface area contributed by atoms with Crippen LogP contribution in [0.2, 0.25) is 10.0 Å². The highest BCUT2D eigenvalue weighted by Crippen LogP contribution is 2.36. The quantitative estimate of drug-likeness (QED) is 0.503. The molecule has 0 radical (unpaired) electrons. The number of phenols is 1. The molecular formula is C18H11BrCl2N2O5. The van der Waals surface area contributed by atoms with E-state index in [4.69, 9.17) is 27.9 Å². The highest BCUT2D eigenvalue weighted by molar-refractivity contribution is 9.10. The van der Waals surface area contributed by atoms with E-state index >= 15 is 0 Å². The van der Waals surface area contributed by atoms with Crippen LogP contribution in [-0.4, -0.2) is 30.1 Å². The van der Waals surface area contributed by atoms with Crippen LogP contribution < -0.4 is 15.0 Å². The number of anilines is 1. The molecule has 2 aromatic carbocycles. The van der Waals surface area contributed by atoms with Crippen LogP contribution in [0, 0.1) is 0 Å². The number of urea groups is 1. The Bertz CT molecular complexity index is 1050. The van der Waals surface area contributed by atoms with E-state index in [0.29, 0.717) is 10.0 Å². The number of hydrogen-bond donors (Lipinski definition) is 2. The maximum Gasteiger partial charge on any atom is 0.336 e. The second-order valence-electron chi connectivity index (χ2n) is 5.58. The Hall–Kier alpha value is -2.55. The van der Waals surface area contributed by atoms with E-state index in [0.717, 1.165) is 4.90 Å². The molecule has 0 bridgehead atoms. The summed E-state index contributed by atoms with van der Waals surface area (Å²) >= 11 is 15.3. The Balaban J connectivity index is 2.11. The molecule has 0 aromatic heterocycles. The van der Waals surface area contributed by atoms with Gasteiger partial charge in [-0.1, -0.05) is 45.2 Å². The molecule has 2 aromatic rings. The Morgan fingerprint density at radius 3 is 2.61 bits per heavy atom. The monoisotopic (exact) mass is 484 g/mol. The van der Waals surface area contributed by atoms with Gasteiger partial charge in [0.1, 0.15) is 5.57 Å². The van der Waals surface area contributed by atoms with Crippen molar-refractivity contribution in [3.05, 3.63) is 56.0 Å². The molecule has 3 rings (SSSR count). The summed E-state index contributed by atoms with van der Waals surface area (Å²) in [6, 6.07) is 6.29. The molecule has 1 heterocycles. The van der Waals surface area contributed by atoms with Crippen LogP contribution in [-0.2, 0) is 9.59 Å². The fourth-order valence-corrected chi connectivity index (χ4v) is 3.36. The highest BCUT2D eigenvalue weighted by Gasteiger charge is 2.38. The Kier molecular flexibility index (Phi) is 5.64. The number of imide groups is 2. The number of benzene rings is 2. The molecule has 144 valence electrons. The van der Waals surface area contributed by atoms with Crippen LogP contribution in [0.1, 0.15) is 5.56 Å². The van der Waals surface area contributed by atoms with E-state index < -0.39 is 17.8 Å². The first-order chi connectivity index (χ1) is 13.2. The average Bonchev–Trinajstić information content (AvgIpc) is 2.63. The predicted molar refractivity (Wildman–Crippen MR) is 108 cm³/mol. The summed E-state index contributed by atoms with van der Waals surface area (Å²) in [5.74, 6) is -1.73. The third-order valence-electron chi connectivity index (χ3n) is 3.87. The van der Waals surface area contributed by atoms with Gasteiger partial charge in [-0.25, -0.2) is 9.69 Å². The van der Waals surface area contributed by atoms with Gasteiger partial charge in [-0.05, 0) is 35.9 Å². The second-order valence-corrected chi connectivity index (χ2v) is 7.22. The van der Waals surface area contributed by atoms with E-state index in [9.17, 15) is 19.5 Å². The van der Waals surface area contributed by atoms with E-state index in [-0.39, 0.29) is 32.8 Å². The van der Waals surface area contributed by atoms with Crippen molar-refractivity contribution in [1.29, 1.82) is 0 Å². The van der Waals surface area contributed by atoms with E-state index in [1.807, 2.05) is 0 Å². The summed E-state index contributed by atoms with van der Waals surface area (Å²) in [5.41, 5.74) is 0.0983. The van der Waals surface area contributed by atoms with Gasteiger partial charge >= 0.3 is 6.03 Å². The van der Waals surface area contributed by atoms with Crippen LogP contribution in [0.15, 0.2) is 40.4 Å². The van der Waals surface area contributed by atoms with E-state index in [2.05, 4.69) is 21.2 Å². The minimum Gasteiger partial charge on any atom is -0.504 e. The largest absolute Gasteiger partial charge is 0.504 e. The standard InChI is InChI=1S/C18H11BrCl2N2O5/c1-28-14-6-8(10(19)7-13(14)24)5-9-16(25)22-18(27)23(17(9)26)12-4-2-3-11(20)15(12)21/h2-7,24H,1H3,(H,22,25,27)/b9-5-. The lowest BCUT2D eigenvalue weighted by Crippen LogP contribution is -2.54.